The van der Waals surface area contributed by atoms with Crippen molar-refractivity contribution in [1.82, 2.24) is 9.78 Å². The van der Waals surface area contributed by atoms with Crippen LogP contribution in [0.2, 0.25) is 0 Å². The molecule has 0 saturated carbocycles. The lowest BCUT2D eigenvalue weighted by Crippen LogP contribution is -2.07. The zero-order chi connectivity index (χ0) is 13.3. The van der Waals surface area contributed by atoms with Gasteiger partial charge in [-0.05, 0) is 42.8 Å². The quantitative estimate of drug-likeness (QED) is 0.923. The highest BCUT2D eigenvalue weighted by atomic mass is 32.1. The van der Waals surface area contributed by atoms with Crippen LogP contribution in [0.15, 0.2) is 11.4 Å². The number of carboxylic acid groups (broad SMARTS) is 1. The van der Waals surface area contributed by atoms with Gasteiger partial charge in [-0.15, -0.1) is 11.3 Å². The number of nitrogens with zero attached hydrogens (tertiary/aromatic N) is 2. The Morgan fingerprint density at radius 2 is 2.22 bits per heavy atom. The van der Waals surface area contributed by atoms with E-state index in [1.807, 2.05) is 30.0 Å². The van der Waals surface area contributed by atoms with E-state index in [1.165, 1.54) is 16.9 Å². The molecule has 0 aliphatic rings. The molecule has 4 nitrogen and oxygen atoms in total. The fourth-order valence-corrected chi connectivity index (χ4v) is 2.96. The fraction of sp³-hybridized carbons (Fsp3) is 0.385. The van der Waals surface area contributed by atoms with Crippen molar-refractivity contribution in [3.8, 4) is 0 Å². The van der Waals surface area contributed by atoms with Crippen molar-refractivity contribution in [2.45, 2.75) is 33.7 Å². The van der Waals surface area contributed by atoms with E-state index in [9.17, 15) is 4.79 Å². The summed E-state index contributed by atoms with van der Waals surface area (Å²) in [6.07, 6.45) is 0.951. The van der Waals surface area contributed by atoms with Gasteiger partial charge >= 0.3 is 5.97 Å². The van der Waals surface area contributed by atoms with E-state index in [0.29, 0.717) is 11.4 Å². The van der Waals surface area contributed by atoms with Gasteiger partial charge in [0.05, 0.1) is 12.2 Å². The first-order chi connectivity index (χ1) is 8.54. The standard InChI is InChI=1S/C13H16N2O2S/c1-4-11-8(2)14-15(9(11)3)7-10-5-6-18-12(10)13(16)17/h5-6H,4,7H2,1-3H3,(H,16,17). The molecule has 2 aromatic heterocycles. The maximum atomic E-state index is 11.1. The molecule has 2 rings (SSSR count). The van der Waals surface area contributed by atoms with Gasteiger partial charge in [0.2, 0.25) is 0 Å². The minimum Gasteiger partial charge on any atom is -0.477 e. The van der Waals surface area contributed by atoms with E-state index in [2.05, 4.69) is 12.0 Å². The van der Waals surface area contributed by atoms with Crippen molar-refractivity contribution >= 4 is 17.3 Å². The summed E-state index contributed by atoms with van der Waals surface area (Å²) in [5.74, 6) is -0.864. The zero-order valence-electron chi connectivity index (χ0n) is 10.7. The topological polar surface area (TPSA) is 55.1 Å². The van der Waals surface area contributed by atoms with Crippen LogP contribution in [0, 0.1) is 13.8 Å². The molecule has 0 fully saturated rings. The molecule has 0 aromatic carbocycles. The minimum absolute atomic E-state index is 0.403. The van der Waals surface area contributed by atoms with Crippen molar-refractivity contribution < 1.29 is 9.90 Å². The van der Waals surface area contributed by atoms with Gasteiger partial charge in [-0.1, -0.05) is 6.92 Å². The Hall–Kier alpha value is -1.62. The largest absolute Gasteiger partial charge is 0.477 e. The minimum atomic E-state index is -0.864. The lowest BCUT2D eigenvalue weighted by atomic mass is 10.1. The summed E-state index contributed by atoms with van der Waals surface area (Å²) in [7, 11) is 0. The van der Waals surface area contributed by atoms with Crippen LogP contribution in [0.5, 0.6) is 0 Å². The monoisotopic (exact) mass is 264 g/mol. The van der Waals surface area contributed by atoms with Crippen LogP contribution in [0.3, 0.4) is 0 Å². The summed E-state index contributed by atoms with van der Waals surface area (Å²) in [5, 5.41) is 15.4. The summed E-state index contributed by atoms with van der Waals surface area (Å²) in [5.41, 5.74) is 4.22. The highest BCUT2D eigenvalue weighted by Gasteiger charge is 2.15. The van der Waals surface area contributed by atoms with Gasteiger partial charge in [0, 0.05) is 5.69 Å². The van der Waals surface area contributed by atoms with Crippen LogP contribution in [0.25, 0.3) is 0 Å². The molecule has 2 aromatic rings. The normalized spacial score (nSPS) is 10.8. The van der Waals surface area contributed by atoms with Gasteiger partial charge in [-0.25, -0.2) is 4.79 Å². The number of carbonyl (C=O) groups is 1. The van der Waals surface area contributed by atoms with E-state index < -0.39 is 5.97 Å². The summed E-state index contributed by atoms with van der Waals surface area (Å²) >= 11 is 1.26. The molecule has 0 bridgehead atoms. The van der Waals surface area contributed by atoms with Gasteiger partial charge < -0.3 is 5.11 Å². The first kappa shape index (κ1) is 12.8. The van der Waals surface area contributed by atoms with E-state index >= 15 is 0 Å². The predicted molar refractivity (Wildman–Crippen MR) is 71.5 cm³/mol. The fourth-order valence-electron chi connectivity index (χ4n) is 2.21. The molecular formula is C13H16N2O2S. The van der Waals surface area contributed by atoms with Crippen molar-refractivity contribution in [2.24, 2.45) is 0 Å². The molecule has 1 N–H and O–H groups in total. The lowest BCUT2D eigenvalue weighted by molar-refractivity contribution is 0.0701. The second kappa shape index (κ2) is 4.94. The maximum Gasteiger partial charge on any atom is 0.346 e. The van der Waals surface area contributed by atoms with Crippen molar-refractivity contribution in [3.63, 3.8) is 0 Å². The van der Waals surface area contributed by atoms with E-state index in [1.54, 1.807) is 0 Å². The maximum absolute atomic E-state index is 11.1. The number of rotatable bonds is 4. The molecule has 0 aliphatic carbocycles. The lowest BCUT2D eigenvalue weighted by Gasteiger charge is -2.04. The van der Waals surface area contributed by atoms with Crippen LogP contribution in [0.4, 0.5) is 0 Å². The van der Waals surface area contributed by atoms with Crippen LogP contribution in [0.1, 0.15) is 39.1 Å². The molecule has 0 atom stereocenters. The Morgan fingerprint density at radius 1 is 1.50 bits per heavy atom. The van der Waals surface area contributed by atoms with Crippen LogP contribution >= 0.6 is 11.3 Å². The number of hydrogen-bond acceptors (Lipinski definition) is 3. The molecule has 0 radical (unpaired) electrons. The van der Waals surface area contributed by atoms with Gasteiger partial charge in [-0.3, -0.25) is 4.68 Å². The summed E-state index contributed by atoms with van der Waals surface area (Å²) < 4.78 is 1.89. The van der Waals surface area contributed by atoms with Gasteiger partial charge in [0.1, 0.15) is 4.88 Å². The Balaban J connectivity index is 2.34. The molecule has 2 heterocycles. The average molecular weight is 264 g/mol. The average Bonchev–Trinajstić information content (AvgIpc) is 2.86. The van der Waals surface area contributed by atoms with Gasteiger partial charge in [0.25, 0.3) is 0 Å². The van der Waals surface area contributed by atoms with E-state index in [-0.39, 0.29) is 0 Å². The van der Waals surface area contributed by atoms with Crippen molar-refractivity contribution in [3.05, 3.63) is 38.8 Å². The first-order valence-electron chi connectivity index (χ1n) is 5.87. The number of hydrogen-bond donors (Lipinski definition) is 1. The predicted octanol–water partition coefficient (Wildman–Crippen LogP) is 2.87. The number of aromatic nitrogens is 2. The summed E-state index contributed by atoms with van der Waals surface area (Å²) in [6, 6.07) is 1.86. The third-order valence-corrected chi connectivity index (χ3v) is 4.09. The highest BCUT2D eigenvalue weighted by molar-refractivity contribution is 7.12. The third kappa shape index (κ3) is 2.18. The smallest absolute Gasteiger partial charge is 0.346 e. The number of aryl methyl sites for hydroxylation is 1. The molecule has 96 valence electrons. The Kier molecular flexibility index (Phi) is 3.52. The first-order valence-corrected chi connectivity index (χ1v) is 6.75. The molecule has 0 aliphatic heterocycles. The number of carboxylic acids is 1. The molecule has 0 amide bonds. The number of aromatic carboxylic acids is 1. The van der Waals surface area contributed by atoms with Gasteiger partial charge in [0.15, 0.2) is 0 Å². The van der Waals surface area contributed by atoms with Crippen molar-refractivity contribution in [2.75, 3.05) is 0 Å². The molecular weight excluding hydrogens is 248 g/mol. The van der Waals surface area contributed by atoms with E-state index in [0.717, 1.165) is 23.4 Å². The molecule has 5 heteroatoms. The molecule has 0 saturated heterocycles. The van der Waals surface area contributed by atoms with E-state index in [4.69, 9.17) is 5.11 Å². The van der Waals surface area contributed by atoms with Crippen LogP contribution < -0.4 is 0 Å². The SMILES string of the molecule is CCc1c(C)nn(Cc2ccsc2C(=O)O)c1C. The zero-order valence-corrected chi connectivity index (χ0v) is 11.5. The Labute approximate surface area is 110 Å². The molecule has 18 heavy (non-hydrogen) atoms. The number of thiophene rings is 1. The van der Waals surface area contributed by atoms with Crippen LogP contribution in [-0.2, 0) is 13.0 Å². The Morgan fingerprint density at radius 3 is 2.78 bits per heavy atom. The second-order valence-electron chi connectivity index (χ2n) is 4.24. The molecule has 0 spiro atoms. The Bertz CT molecular complexity index is 584. The third-order valence-electron chi connectivity index (χ3n) is 3.15. The molecule has 0 unspecified atom stereocenters. The summed E-state index contributed by atoms with van der Waals surface area (Å²) in [6.45, 7) is 6.66. The second-order valence-corrected chi connectivity index (χ2v) is 5.16. The van der Waals surface area contributed by atoms with Crippen molar-refractivity contribution in [1.29, 1.82) is 0 Å². The van der Waals surface area contributed by atoms with Crippen LogP contribution in [-0.4, -0.2) is 20.9 Å². The van der Waals surface area contributed by atoms with Gasteiger partial charge in [-0.2, -0.15) is 5.10 Å². The summed E-state index contributed by atoms with van der Waals surface area (Å²) in [4.78, 5) is 11.5. The highest BCUT2D eigenvalue weighted by Crippen LogP contribution is 2.20.